The molecule has 0 aromatic carbocycles. The number of nitrogens with two attached hydrogens (primary N) is 1. The molecular formula is C16H30N2O3. The van der Waals surface area contributed by atoms with E-state index in [0.29, 0.717) is 32.0 Å². The summed E-state index contributed by atoms with van der Waals surface area (Å²) in [6, 6.07) is 0.166. The maximum atomic E-state index is 12.8. The van der Waals surface area contributed by atoms with Crippen LogP contribution in [0.4, 0.5) is 0 Å². The van der Waals surface area contributed by atoms with Crippen molar-refractivity contribution in [2.75, 3.05) is 19.8 Å². The molecule has 5 nitrogen and oxygen atoms in total. The van der Waals surface area contributed by atoms with E-state index in [0.717, 1.165) is 12.8 Å². The highest BCUT2D eigenvalue weighted by Gasteiger charge is 2.46. The van der Waals surface area contributed by atoms with Crippen molar-refractivity contribution in [3.05, 3.63) is 0 Å². The van der Waals surface area contributed by atoms with Gasteiger partial charge in [0, 0.05) is 25.2 Å². The fraction of sp³-hybridized carbons (Fsp3) is 0.938. The number of ether oxygens (including phenoxy) is 1. The van der Waals surface area contributed by atoms with Gasteiger partial charge in [-0.3, -0.25) is 4.79 Å². The Kier molecular flexibility index (Phi) is 4.96. The second kappa shape index (κ2) is 6.23. The van der Waals surface area contributed by atoms with Crippen LogP contribution in [-0.4, -0.2) is 42.4 Å². The van der Waals surface area contributed by atoms with E-state index >= 15 is 0 Å². The topological polar surface area (TPSA) is 84.6 Å². The third-order valence-electron chi connectivity index (χ3n) is 5.96. The Morgan fingerprint density at radius 3 is 2.52 bits per heavy atom. The maximum Gasteiger partial charge on any atom is 0.224 e. The summed E-state index contributed by atoms with van der Waals surface area (Å²) >= 11 is 0. The van der Waals surface area contributed by atoms with Gasteiger partial charge in [0.2, 0.25) is 5.91 Å². The highest BCUT2D eigenvalue weighted by molar-refractivity contribution is 5.80. The maximum absolute atomic E-state index is 12.8. The first-order valence-corrected chi connectivity index (χ1v) is 8.08. The number of nitrogens with one attached hydrogen (secondary N) is 1. The number of hydrogen-bond acceptors (Lipinski definition) is 4. The average Bonchev–Trinajstić information content (AvgIpc) is 2.45. The van der Waals surface area contributed by atoms with Crippen molar-refractivity contribution in [1.82, 2.24) is 5.32 Å². The van der Waals surface area contributed by atoms with E-state index in [9.17, 15) is 9.90 Å². The standard InChI is InChI=1S/C16H30N2O3/c1-11-13(17)5-4-12(15(11,2)3)14(20)18-16(10-19)6-8-21-9-7-16/h11-13,19H,4-10,17H2,1-3H3,(H,18,20). The van der Waals surface area contributed by atoms with Gasteiger partial charge in [-0.25, -0.2) is 0 Å². The number of hydrogen-bond donors (Lipinski definition) is 3. The van der Waals surface area contributed by atoms with Gasteiger partial charge in [0.1, 0.15) is 0 Å². The highest BCUT2D eigenvalue weighted by Crippen LogP contribution is 2.44. The van der Waals surface area contributed by atoms with Crippen LogP contribution in [0.15, 0.2) is 0 Å². The molecule has 0 radical (unpaired) electrons. The van der Waals surface area contributed by atoms with E-state index in [-0.39, 0.29) is 29.9 Å². The Hall–Kier alpha value is -0.650. The van der Waals surface area contributed by atoms with E-state index in [1.807, 2.05) is 0 Å². The zero-order valence-corrected chi connectivity index (χ0v) is 13.5. The van der Waals surface area contributed by atoms with Crippen LogP contribution < -0.4 is 11.1 Å². The monoisotopic (exact) mass is 298 g/mol. The molecule has 1 aliphatic carbocycles. The molecule has 2 rings (SSSR count). The summed E-state index contributed by atoms with van der Waals surface area (Å²) in [5, 5.41) is 12.9. The van der Waals surface area contributed by atoms with Gasteiger partial charge in [-0.05, 0) is 37.0 Å². The van der Waals surface area contributed by atoms with Gasteiger partial charge in [0.05, 0.1) is 12.1 Å². The van der Waals surface area contributed by atoms with Gasteiger partial charge in [-0.15, -0.1) is 0 Å². The number of carbonyl (C=O) groups is 1. The van der Waals surface area contributed by atoms with Crippen molar-refractivity contribution in [3.8, 4) is 0 Å². The van der Waals surface area contributed by atoms with E-state index in [2.05, 4.69) is 26.1 Å². The molecule has 2 aliphatic rings. The molecule has 21 heavy (non-hydrogen) atoms. The lowest BCUT2D eigenvalue weighted by atomic mass is 9.60. The Labute approximate surface area is 127 Å². The zero-order valence-electron chi connectivity index (χ0n) is 13.5. The molecule has 0 aromatic rings. The third-order valence-corrected chi connectivity index (χ3v) is 5.96. The Morgan fingerprint density at radius 1 is 1.33 bits per heavy atom. The van der Waals surface area contributed by atoms with Gasteiger partial charge in [-0.2, -0.15) is 0 Å². The van der Waals surface area contributed by atoms with Gasteiger partial charge < -0.3 is 20.9 Å². The molecule has 0 spiro atoms. The van der Waals surface area contributed by atoms with Crippen molar-refractivity contribution < 1.29 is 14.6 Å². The number of aliphatic hydroxyl groups excluding tert-OH is 1. The predicted molar refractivity (Wildman–Crippen MR) is 81.7 cm³/mol. The summed E-state index contributed by atoms with van der Waals surface area (Å²) in [7, 11) is 0. The van der Waals surface area contributed by atoms with Gasteiger partial charge >= 0.3 is 0 Å². The quantitative estimate of drug-likeness (QED) is 0.727. The lowest BCUT2D eigenvalue weighted by molar-refractivity contribution is -0.136. The van der Waals surface area contributed by atoms with E-state index in [1.165, 1.54) is 0 Å². The van der Waals surface area contributed by atoms with E-state index in [4.69, 9.17) is 10.5 Å². The van der Waals surface area contributed by atoms with Crippen LogP contribution in [-0.2, 0) is 9.53 Å². The fourth-order valence-electron chi connectivity index (χ4n) is 3.75. The second-order valence-corrected chi connectivity index (χ2v) is 7.44. The summed E-state index contributed by atoms with van der Waals surface area (Å²) < 4.78 is 5.35. The molecular weight excluding hydrogens is 268 g/mol. The molecule has 1 saturated heterocycles. The minimum Gasteiger partial charge on any atom is -0.394 e. The fourth-order valence-corrected chi connectivity index (χ4v) is 3.75. The third kappa shape index (κ3) is 3.25. The SMILES string of the molecule is CC1C(N)CCC(C(=O)NC2(CO)CCOCC2)C1(C)C. The Morgan fingerprint density at radius 2 is 1.95 bits per heavy atom. The van der Waals surface area contributed by atoms with Crippen LogP contribution in [0.5, 0.6) is 0 Å². The van der Waals surface area contributed by atoms with Crippen LogP contribution in [0.2, 0.25) is 0 Å². The van der Waals surface area contributed by atoms with E-state index < -0.39 is 5.54 Å². The summed E-state index contributed by atoms with van der Waals surface area (Å²) in [5.74, 6) is 0.329. The van der Waals surface area contributed by atoms with Crippen molar-refractivity contribution in [3.63, 3.8) is 0 Å². The van der Waals surface area contributed by atoms with Crippen molar-refractivity contribution in [1.29, 1.82) is 0 Å². The Bertz CT molecular complexity index is 378. The summed E-state index contributed by atoms with van der Waals surface area (Å²) in [4.78, 5) is 12.8. The molecule has 0 bridgehead atoms. The van der Waals surface area contributed by atoms with Crippen LogP contribution in [0.3, 0.4) is 0 Å². The predicted octanol–water partition coefficient (Wildman–Crippen LogP) is 1.04. The lowest BCUT2D eigenvalue weighted by Gasteiger charge is -2.47. The van der Waals surface area contributed by atoms with Gasteiger partial charge in [-0.1, -0.05) is 20.8 Å². The summed E-state index contributed by atoms with van der Waals surface area (Å²) in [6.07, 6.45) is 3.06. The Balaban J connectivity index is 2.08. The van der Waals surface area contributed by atoms with Crippen LogP contribution in [0, 0.1) is 17.3 Å². The van der Waals surface area contributed by atoms with Crippen LogP contribution in [0.1, 0.15) is 46.5 Å². The van der Waals surface area contributed by atoms with Crippen LogP contribution in [0.25, 0.3) is 0 Å². The molecule has 1 saturated carbocycles. The van der Waals surface area contributed by atoms with Crippen molar-refractivity contribution >= 4 is 5.91 Å². The molecule has 5 heteroatoms. The van der Waals surface area contributed by atoms with Gasteiger partial charge in [0.25, 0.3) is 0 Å². The molecule has 2 fully saturated rings. The molecule has 122 valence electrons. The molecule has 3 unspecified atom stereocenters. The molecule has 0 aromatic heterocycles. The van der Waals surface area contributed by atoms with Crippen molar-refractivity contribution in [2.45, 2.75) is 58.0 Å². The average molecular weight is 298 g/mol. The first-order chi connectivity index (χ1) is 9.82. The molecule has 1 aliphatic heterocycles. The first kappa shape index (κ1) is 16.7. The van der Waals surface area contributed by atoms with Gasteiger partial charge in [0.15, 0.2) is 0 Å². The number of rotatable bonds is 3. The van der Waals surface area contributed by atoms with Crippen molar-refractivity contribution in [2.24, 2.45) is 23.0 Å². The minimum atomic E-state index is -0.506. The molecule has 1 amide bonds. The van der Waals surface area contributed by atoms with E-state index in [1.54, 1.807) is 0 Å². The number of carbonyl (C=O) groups excluding carboxylic acids is 1. The normalized spacial score (nSPS) is 35.2. The summed E-state index contributed by atoms with van der Waals surface area (Å²) in [5.41, 5.74) is 5.54. The number of amides is 1. The van der Waals surface area contributed by atoms with Crippen LogP contribution >= 0.6 is 0 Å². The molecule has 3 atom stereocenters. The molecule has 1 heterocycles. The largest absolute Gasteiger partial charge is 0.394 e. The number of aliphatic hydroxyl groups is 1. The summed E-state index contributed by atoms with van der Waals surface area (Å²) in [6.45, 7) is 7.57. The molecule has 4 N–H and O–H groups in total. The zero-order chi connectivity index (χ0) is 15.7. The lowest BCUT2D eigenvalue weighted by Crippen LogP contribution is -2.59. The first-order valence-electron chi connectivity index (χ1n) is 8.08. The minimum absolute atomic E-state index is 0.0235. The highest BCUT2D eigenvalue weighted by atomic mass is 16.5. The second-order valence-electron chi connectivity index (χ2n) is 7.44. The smallest absolute Gasteiger partial charge is 0.224 e.